The minimum Gasteiger partial charge on any atom is -0.456 e. The van der Waals surface area contributed by atoms with Gasteiger partial charge in [0.15, 0.2) is 5.84 Å². The molecule has 6 heteroatoms. The molecule has 0 amide bonds. The van der Waals surface area contributed by atoms with Gasteiger partial charge in [0.25, 0.3) is 0 Å². The van der Waals surface area contributed by atoms with Gasteiger partial charge in [-0.05, 0) is 72.0 Å². The Hall–Kier alpha value is -7.02. The third kappa shape index (κ3) is 5.07. The maximum absolute atomic E-state index is 6.69. The minimum absolute atomic E-state index is 0.305. The molecule has 1 unspecified atom stereocenters. The number of aromatic nitrogens is 1. The average molecular weight is 751 g/mol. The smallest absolute Gasteiger partial charge is 0.160 e. The number of rotatable bonds is 5. The van der Waals surface area contributed by atoms with Crippen LogP contribution < -0.4 is 5.32 Å². The van der Waals surface area contributed by atoms with Gasteiger partial charge in [-0.25, -0.2) is 9.98 Å². The highest BCUT2D eigenvalue weighted by atomic mass is 32.1. The van der Waals surface area contributed by atoms with Crippen LogP contribution in [0.25, 0.3) is 75.9 Å². The molecule has 0 spiro atoms. The van der Waals surface area contributed by atoms with E-state index in [2.05, 4.69) is 149 Å². The molecule has 1 aliphatic carbocycles. The summed E-state index contributed by atoms with van der Waals surface area (Å²) < 4.78 is 11.7. The van der Waals surface area contributed by atoms with E-state index < -0.39 is 0 Å². The van der Waals surface area contributed by atoms with Gasteiger partial charge in [0.05, 0.1) is 5.52 Å². The van der Waals surface area contributed by atoms with Gasteiger partial charge in [-0.15, -0.1) is 11.3 Å². The molecule has 1 aliphatic heterocycles. The number of hydrogen-bond donors (Lipinski definition) is 1. The average Bonchev–Trinajstić information content (AvgIpc) is 3.96. The van der Waals surface area contributed by atoms with Crippen LogP contribution in [0, 0.1) is 0 Å². The Morgan fingerprint density at radius 2 is 1.35 bits per heavy atom. The number of amidine groups is 2. The van der Waals surface area contributed by atoms with Crippen LogP contribution in [-0.4, -0.2) is 16.2 Å². The third-order valence-corrected chi connectivity index (χ3v) is 12.7. The number of hydrogen-bond acceptors (Lipinski definition) is 5. The van der Waals surface area contributed by atoms with Gasteiger partial charge in [-0.2, -0.15) is 0 Å². The summed E-state index contributed by atoms with van der Waals surface area (Å²) in [5.41, 5.74) is 12.2. The first-order valence-corrected chi connectivity index (χ1v) is 20.3. The molecule has 0 saturated heterocycles. The zero-order valence-electron chi connectivity index (χ0n) is 30.8. The molecule has 0 saturated carbocycles. The minimum atomic E-state index is -0.305. The number of aliphatic imine (C=N–C) groups is 2. The van der Waals surface area contributed by atoms with Crippen molar-refractivity contribution < 1.29 is 4.42 Å². The highest BCUT2D eigenvalue weighted by Crippen LogP contribution is 2.46. The zero-order chi connectivity index (χ0) is 37.5. The summed E-state index contributed by atoms with van der Waals surface area (Å²) in [5.74, 6) is 1.46. The van der Waals surface area contributed by atoms with Crippen LogP contribution in [0.5, 0.6) is 0 Å². The lowest BCUT2D eigenvalue weighted by Gasteiger charge is -2.24. The van der Waals surface area contributed by atoms with E-state index in [-0.39, 0.29) is 6.17 Å². The summed E-state index contributed by atoms with van der Waals surface area (Å²) >= 11 is 1.85. The normalized spacial score (nSPS) is 15.3. The Kier molecular flexibility index (Phi) is 7.22. The topological polar surface area (TPSA) is 54.8 Å². The number of nitrogens with zero attached hydrogens (tertiary/aromatic N) is 3. The fraction of sp³-hybridized carbons (Fsp3) is 0.0588. The van der Waals surface area contributed by atoms with Gasteiger partial charge >= 0.3 is 0 Å². The molecule has 5 nitrogen and oxygen atoms in total. The van der Waals surface area contributed by atoms with E-state index in [1.165, 1.54) is 53.6 Å². The van der Waals surface area contributed by atoms with Crippen LogP contribution >= 0.6 is 11.3 Å². The maximum atomic E-state index is 6.69. The number of para-hydroxylation sites is 1. The predicted molar refractivity (Wildman–Crippen MR) is 238 cm³/mol. The van der Waals surface area contributed by atoms with Crippen LogP contribution in [0.3, 0.4) is 0 Å². The lowest BCUT2D eigenvalue weighted by molar-refractivity contribution is 0.668. The second-order valence-corrected chi connectivity index (χ2v) is 15.9. The van der Waals surface area contributed by atoms with Crippen LogP contribution in [-0.2, 0) is 6.42 Å². The van der Waals surface area contributed by atoms with E-state index in [0.29, 0.717) is 5.84 Å². The van der Waals surface area contributed by atoms with Crippen LogP contribution in [0.1, 0.15) is 40.5 Å². The van der Waals surface area contributed by atoms with Crippen LogP contribution in [0.15, 0.2) is 178 Å². The number of nitrogens with one attached hydrogen (secondary N) is 1. The predicted octanol–water partition coefficient (Wildman–Crippen LogP) is 13.0. The Balaban J connectivity index is 1.09. The van der Waals surface area contributed by atoms with E-state index in [9.17, 15) is 0 Å². The van der Waals surface area contributed by atoms with E-state index in [1.54, 1.807) is 0 Å². The molecule has 10 aromatic rings. The first-order valence-electron chi connectivity index (χ1n) is 19.5. The summed E-state index contributed by atoms with van der Waals surface area (Å²) in [6.07, 6.45) is 6.39. The molecule has 270 valence electrons. The van der Waals surface area contributed by atoms with Gasteiger partial charge in [0.1, 0.15) is 23.2 Å². The molecule has 0 fully saturated rings. The number of allylic oxidation sites excluding steroid dienone is 1. The van der Waals surface area contributed by atoms with Gasteiger partial charge in [0.2, 0.25) is 0 Å². The quantitative estimate of drug-likeness (QED) is 0.190. The Labute approximate surface area is 332 Å². The molecule has 12 rings (SSSR count). The number of thiophene rings is 1. The monoisotopic (exact) mass is 750 g/mol. The fourth-order valence-electron chi connectivity index (χ4n) is 9.04. The van der Waals surface area contributed by atoms with Gasteiger partial charge < -0.3 is 14.3 Å². The molecule has 57 heavy (non-hydrogen) atoms. The van der Waals surface area contributed by atoms with Crippen molar-refractivity contribution >= 4 is 82.1 Å². The van der Waals surface area contributed by atoms with Crippen LogP contribution in [0.4, 0.5) is 0 Å². The Morgan fingerprint density at radius 1 is 0.632 bits per heavy atom. The summed E-state index contributed by atoms with van der Waals surface area (Å²) in [7, 11) is 0. The highest BCUT2D eigenvalue weighted by Gasteiger charge is 2.25. The van der Waals surface area contributed by atoms with Gasteiger partial charge in [-0.3, -0.25) is 0 Å². The lowest BCUT2D eigenvalue weighted by atomic mass is 9.94. The molecule has 3 aromatic heterocycles. The second kappa shape index (κ2) is 12.8. The van der Waals surface area contributed by atoms with E-state index in [0.717, 1.165) is 62.9 Å². The summed E-state index contributed by atoms with van der Waals surface area (Å²) in [4.78, 5) is 10.5. The van der Waals surface area contributed by atoms with Gasteiger partial charge in [0, 0.05) is 64.4 Å². The van der Waals surface area contributed by atoms with E-state index in [4.69, 9.17) is 14.4 Å². The van der Waals surface area contributed by atoms with E-state index in [1.807, 2.05) is 41.7 Å². The molecule has 1 N–H and O–H groups in total. The highest BCUT2D eigenvalue weighted by molar-refractivity contribution is 7.26. The Bertz CT molecular complexity index is 3330. The first-order chi connectivity index (χ1) is 28.3. The largest absolute Gasteiger partial charge is 0.456 e. The number of benzene rings is 7. The molecule has 2 aliphatic rings. The number of fused-ring (bicyclic) bond motifs is 9. The Morgan fingerprint density at radius 3 is 2.19 bits per heavy atom. The molecular formula is C51H34N4OS. The summed E-state index contributed by atoms with van der Waals surface area (Å²) in [6.45, 7) is 0. The van der Waals surface area contributed by atoms with Crippen molar-refractivity contribution in [2.45, 2.75) is 19.0 Å². The van der Waals surface area contributed by atoms with Crippen molar-refractivity contribution in [3.05, 3.63) is 192 Å². The molecule has 0 radical (unpaired) electrons. The molecular weight excluding hydrogens is 717 g/mol. The first kappa shape index (κ1) is 32.2. The molecule has 4 heterocycles. The summed E-state index contributed by atoms with van der Waals surface area (Å²) in [5, 5.41) is 9.52. The SMILES string of the molecule is C1=Cc2c(n(-c3ccc4sc5cccc(-c6cccc7oc8cccc(C9=NC(c%10ccccc%10)NC(c%10ccccc%10)=N9)c8c67)c5c4c3)c3ccccc23)CC1. The lowest BCUT2D eigenvalue weighted by Crippen LogP contribution is -2.33. The standard InChI is InChI=1S/C51H34N4OS/c1-3-14-31(15-4-1)49-52-50(32-16-5-2-6-17-32)54-51(53-49)38-22-12-26-43-48(38)47-37(20-11-25-42(47)56-43)36-21-13-27-45-46(36)39-30-33(28-29-44(39)57-45)55-40-23-9-7-18-34(40)35-19-8-10-24-41(35)55/h1-9,11-23,25-30,49H,10,24H2,(H,52,53,54). The number of furan rings is 1. The van der Waals surface area contributed by atoms with Crippen molar-refractivity contribution in [3.8, 4) is 16.8 Å². The second-order valence-electron chi connectivity index (χ2n) is 14.8. The third-order valence-electron chi connectivity index (χ3n) is 11.5. The van der Waals surface area contributed by atoms with Crippen molar-refractivity contribution in [2.24, 2.45) is 9.98 Å². The van der Waals surface area contributed by atoms with E-state index >= 15 is 0 Å². The van der Waals surface area contributed by atoms with Crippen molar-refractivity contribution in [3.63, 3.8) is 0 Å². The fourth-order valence-corrected chi connectivity index (χ4v) is 10.2. The zero-order valence-corrected chi connectivity index (χ0v) is 31.6. The molecule has 0 bridgehead atoms. The van der Waals surface area contributed by atoms with Crippen molar-refractivity contribution in [1.82, 2.24) is 9.88 Å². The van der Waals surface area contributed by atoms with Crippen LogP contribution in [0.2, 0.25) is 0 Å². The van der Waals surface area contributed by atoms with Crippen molar-refractivity contribution in [1.29, 1.82) is 0 Å². The maximum Gasteiger partial charge on any atom is 0.160 e. The molecule has 1 atom stereocenters. The van der Waals surface area contributed by atoms with Crippen molar-refractivity contribution in [2.75, 3.05) is 0 Å². The molecule has 7 aromatic carbocycles. The van der Waals surface area contributed by atoms with Gasteiger partial charge in [-0.1, -0.05) is 127 Å². The summed E-state index contributed by atoms with van der Waals surface area (Å²) in [6, 6.07) is 55.9.